The monoisotopic (exact) mass is 703 g/mol. The van der Waals surface area contributed by atoms with Crippen LogP contribution in [0.1, 0.15) is 139 Å². The van der Waals surface area contributed by atoms with Crippen LogP contribution in [0.2, 0.25) is 0 Å². The van der Waals surface area contributed by atoms with E-state index in [4.69, 9.17) is 9.47 Å². The Hall–Kier alpha value is -4.18. The zero-order chi connectivity index (χ0) is 36.3. The largest absolute Gasteiger partial charge is 0.494 e. The Morgan fingerprint density at radius 3 is 1.04 bits per heavy atom. The predicted molar refractivity (Wildman–Crippen MR) is 220 cm³/mol. The number of nitrogens with zero attached hydrogens (tertiary/aromatic N) is 2. The van der Waals surface area contributed by atoms with Crippen molar-refractivity contribution in [1.82, 2.24) is 0 Å². The van der Waals surface area contributed by atoms with E-state index in [2.05, 4.69) is 145 Å². The normalized spacial score (nSPS) is 11.5. The fourth-order valence-corrected chi connectivity index (χ4v) is 6.28. The van der Waals surface area contributed by atoms with Crippen LogP contribution >= 0.6 is 0 Å². The Morgan fingerprint density at radius 1 is 0.365 bits per heavy atom. The van der Waals surface area contributed by atoms with E-state index in [1.807, 2.05) is 0 Å². The molecule has 0 radical (unpaired) electrons. The minimum atomic E-state index is 0.810. The van der Waals surface area contributed by atoms with Crippen molar-refractivity contribution in [2.45, 2.75) is 130 Å². The number of hydrogen-bond acceptors (Lipinski definition) is 2. The van der Waals surface area contributed by atoms with Crippen molar-refractivity contribution in [1.29, 1.82) is 0 Å². The van der Waals surface area contributed by atoms with Crippen LogP contribution in [0.15, 0.2) is 97.6 Å². The van der Waals surface area contributed by atoms with Gasteiger partial charge in [0.1, 0.15) is 24.6 Å². The Bertz CT molecular complexity index is 1400. The molecule has 0 aliphatic rings. The maximum Gasteiger partial charge on any atom is 0.169 e. The average molecular weight is 703 g/mol. The van der Waals surface area contributed by atoms with Gasteiger partial charge >= 0.3 is 0 Å². The molecule has 0 N–H and O–H groups in total. The molecule has 0 unspecified atom stereocenters. The fourth-order valence-electron chi connectivity index (χ4n) is 6.28. The first-order chi connectivity index (χ1) is 25.7. The maximum atomic E-state index is 5.90. The SMILES string of the molecule is CCCCCCCOc1ccc(C=Cc2cc[n+](CCCCCCCC[n+]3ccc(C=Cc4ccc(OCCCCCCC)cc4)cc3)cc2)cc1. The number of aryl methyl sites for hydroxylation is 2. The lowest BCUT2D eigenvalue weighted by Crippen LogP contribution is -2.32. The molecule has 278 valence electrons. The standard InChI is InChI=1S/C48H66N2O2/c1-3-5-7-13-17-41-51-47-27-23-43(24-28-47)19-21-45-31-37-49(38-32-45)35-15-11-9-10-12-16-36-50-39-33-46(34-40-50)22-20-44-25-29-48(30-26-44)52-42-18-14-8-6-4-2/h19-34,37-40H,3-18,35-36,41-42H2,1-2H3/q+2. The second kappa shape index (κ2) is 25.7. The van der Waals surface area contributed by atoms with E-state index in [9.17, 15) is 0 Å². The number of rotatable bonds is 27. The van der Waals surface area contributed by atoms with Crippen LogP contribution < -0.4 is 18.6 Å². The van der Waals surface area contributed by atoms with Crippen molar-refractivity contribution in [2.75, 3.05) is 13.2 Å². The van der Waals surface area contributed by atoms with Gasteiger partial charge in [0.05, 0.1) is 13.2 Å². The molecule has 0 saturated carbocycles. The third-order valence-electron chi connectivity index (χ3n) is 9.65. The van der Waals surface area contributed by atoms with Crippen LogP contribution in [0.5, 0.6) is 11.5 Å². The molecule has 0 aliphatic carbocycles. The Kier molecular flexibility index (Phi) is 20.1. The van der Waals surface area contributed by atoms with Gasteiger partial charge in [0.15, 0.2) is 24.8 Å². The number of pyridine rings is 2. The summed E-state index contributed by atoms with van der Waals surface area (Å²) < 4.78 is 16.4. The lowest BCUT2D eigenvalue weighted by atomic mass is 10.1. The smallest absolute Gasteiger partial charge is 0.169 e. The van der Waals surface area contributed by atoms with Crippen LogP contribution in [0.3, 0.4) is 0 Å². The molecule has 2 aromatic heterocycles. The maximum absolute atomic E-state index is 5.90. The first-order valence-electron chi connectivity index (χ1n) is 20.5. The van der Waals surface area contributed by atoms with E-state index in [-0.39, 0.29) is 0 Å². The lowest BCUT2D eigenvalue weighted by molar-refractivity contribution is -0.697. The highest BCUT2D eigenvalue weighted by molar-refractivity contribution is 5.70. The molecule has 4 aromatic rings. The summed E-state index contributed by atoms with van der Waals surface area (Å²) in [5, 5.41) is 0. The number of benzene rings is 2. The Labute approximate surface area is 316 Å². The predicted octanol–water partition coefficient (Wildman–Crippen LogP) is 12.3. The molecule has 0 amide bonds. The highest BCUT2D eigenvalue weighted by Gasteiger charge is 2.03. The van der Waals surface area contributed by atoms with E-state index in [0.717, 1.165) is 50.6 Å². The van der Waals surface area contributed by atoms with E-state index in [1.165, 1.54) is 112 Å². The van der Waals surface area contributed by atoms with Gasteiger partial charge in [-0.05, 0) is 72.2 Å². The molecule has 0 atom stereocenters. The minimum Gasteiger partial charge on any atom is -0.494 e. The summed E-state index contributed by atoms with van der Waals surface area (Å²) in [6.45, 7) is 8.29. The van der Waals surface area contributed by atoms with E-state index in [1.54, 1.807) is 0 Å². The molecule has 4 nitrogen and oxygen atoms in total. The Balaban J connectivity index is 1.02. The highest BCUT2D eigenvalue weighted by atomic mass is 16.5. The number of hydrogen-bond donors (Lipinski definition) is 0. The molecular weight excluding hydrogens is 637 g/mol. The third-order valence-corrected chi connectivity index (χ3v) is 9.65. The van der Waals surface area contributed by atoms with E-state index >= 15 is 0 Å². The lowest BCUT2D eigenvalue weighted by Gasteiger charge is -2.06. The van der Waals surface area contributed by atoms with Crippen molar-refractivity contribution in [3.8, 4) is 11.5 Å². The minimum absolute atomic E-state index is 0.810. The summed E-state index contributed by atoms with van der Waals surface area (Å²) in [4.78, 5) is 0. The zero-order valence-electron chi connectivity index (χ0n) is 32.4. The van der Waals surface area contributed by atoms with Crippen LogP contribution in [-0.4, -0.2) is 13.2 Å². The molecular formula is C48H66N2O2+2. The van der Waals surface area contributed by atoms with Crippen LogP contribution in [0, 0.1) is 0 Å². The van der Waals surface area contributed by atoms with Gasteiger partial charge in [-0.2, -0.15) is 0 Å². The van der Waals surface area contributed by atoms with Gasteiger partial charge in [-0.3, -0.25) is 0 Å². The van der Waals surface area contributed by atoms with E-state index < -0.39 is 0 Å². The average Bonchev–Trinajstić information content (AvgIpc) is 3.19. The molecule has 0 fully saturated rings. The molecule has 4 heteroatoms. The van der Waals surface area contributed by atoms with E-state index in [0.29, 0.717) is 0 Å². The quantitative estimate of drug-likeness (QED) is 0.0457. The summed E-state index contributed by atoms with van der Waals surface area (Å²) >= 11 is 0. The van der Waals surface area contributed by atoms with Gasteiger partial charge in [-0.1, -0.05) is 127 Å². The molecule has 4 rings (SSSR count). The number of ether oxygens (including phenoxy) is 2. The molecule has 0 aliphatic heterocycles. The second-order valence-corrected chi connectivity index (χ2v) is 14.2. The fraction of sp³-hybridized carbons (Fsp3) is 0.458. The van der Waals surface area contributed by atoms with Crippen LogP contribution in [-0.2, 0) is 13.1 Å². The summed E-state index contributed by atoms with van der Waals surface area (Å²) in [5.74, 6) is 1.93. The third kappa shape index (κ3) is 17.4. The Morgan fingerprint density at radius 2 is 0.673 bits per heavy atom. The van der Waals surface area contributed by atoms with Gasteiger partial charge < -0.3 is 9.47 Å². The zero-order valence-corrected chi connectivity index (χ0v) is 32.4. The first-order valence-corrected chi connectivity index (χ1v) is 20.5. The topological polar surface area (TPSA) is 26.2 Å². The van der Waals surface area contributed by atoms with Gasteiger partial charge in [0.25, 0.3) is 0 Å². The molecule has 52 heavy (non-hydrogen) atoms. The van der Waals surface area contributed by atoms with Gasteiger partial charge in [0, 0.05) is 37.1 Å². The number of aromatic nitrogens is 2. The molecule has 2 aromatic carbocycles. The summed E-state index contributed by atoms with van der Waals surface area (Å²) in [6.07, 6.45) is 37.8. The molecule has 2 heterocycles. The van der Waals surface area contributed by atoms with Crippen molar-refractivity contribution in [3.05, 3.63) is 120 Å². The summed E-state index contributed by atoms with van der Waals surface area (Å²) in [6, 6.07) is 25.7. The number of unbranched alkanes of at least 4 members (excludes halogenated alkanes) is 13. The molecule has 0 saturated heterocycles. The second-order valence-electron chi connectivity index (χ2n) is 14.2. The van der Waals surface area contributed by atoms with Crippen molar-refractivity contribution in [3.63, 3.8) is 0 Å². The summed E-state index contributed by atoms with van der Waals surface area (Å²) in [7, 11) is 0. The van der Waals surface area contributed by atoms with Crippen molar-refractivity contribution >= 4 is 24.3 Å². The molecule has 0 spiro atoms. The first kappa shape index (κ1) is 40.6. The molecule has 0 bridgehead atoms. The highest BCUT2D eigenvalue weighted by Crippen LogP contribution is 2.17. The van der Waals surface area contributed by atoms with Gasteiger partial charge in [0.2, 0.25) is 0 Å². The van der Waals surface area contributed by atoms with Gasteiger partial charge in [-0.15, -0.1) is 0 Å². The van der Waals surface area contributed by atoms with Crippen LogP contribution in [0.25, 0.3) is 24.3 Å². The van der Waals surface area contributed by atoms with Crippen LogP contribution in [0.4, 0.5) is 0 Å². The van der Waals surface area contributed by atoms with Crippen molar-refractivity contribution in [2.24, 2.45) is 0 Å². The van der Waals surface area contributed by atoms with Gasteiger partial charge in [-0.25, -0.2) is 9.13 Å². The van der Waals surface area contributed by atoms with Crippen molar-refractivity contribution < 1.29 is 18.6 Å². The summed E-state index contributed by atoms with van der Waals surface area (Å²) in [5.41, 5.74) is 4.84.